The van der Waals surface area contributed by atoms with Crippen molar-refractivity contribution in [2.75, 3.05) is 46.4 Å². The van der Waals surface area contributed by atoms with Crippen molar-refractivity contribution >= 4 is 16.8 Å². The molecule has 2 N–H and O–H groups in total. The molecule has 1 aromatic heterocycles. The van der Waals surface area contributed by atoms with Crippen molar-refractivity contribution in [1.29, 1.82) is 0 Å². The van der Waals surface area contributed by atoms with Crippen LogP contribution in [0.2, 0.25) is 0 Å². The maximum atomic E-state index is 12.3. The van der Waals surface area contributed by atoms with Gasteiger partial charge in [-0.1, -0.05) is 6.07 Å². The van der Waals surface area contributed by atoms with Crippen molar-refractivity contribution in [2.45, 2.75) is 18.9 Å². The van der Waals surface area contributed by atoms with Gasteiger partial charge in [0.05, 0.1) is 19.3 Å². The van der Waals surface area contributed by atoms with E-state index in [1.165, 1.54) is 5.39 Å². The number of aliphatic hydroxyl groups is 1. The lowest BCUT2D eigenvalue weighted by Gasteiger charge is -2.30. The number of benzene rings is 1. The van der Waals surface area contributed by atoms with Crippen molar-refractivity contribution in [3.8, 4) is 0 Å². The van der Waals surface area contributed by atoms with Gasteiger partial charge in [-0.2, -0.15) is 0 Å². The summed E-state index contributed by atoms with van der Waals surface area (Å²) in [4.78, 5) is 19.3. The number of aliphatic hydroxyl groups excluding tert-OH is 1. The first-order valence-corrected chi connectivity index (χ1v) is 8.90. The van der Waals surface area contributed by atoms with Gasteiger partial charge in [0, 0.05) is 51.4 Å². The first-order valence-electron chi connectivity index (χ1n) is 8.90. The Morgan fingerprint density at radius 2 is 2.16 bits per heavy atom. The van der Waals surface area contributed by atoms with Gasteiger partial charge in [0.15, 0.2) is 0 Å². The van der Waals surface area contributed by atoms with Crippen molar-refractivity contribution in [2.24, 2.45) is 0 Å². The first-order chi connectivity index (χ1) is 12.1. The molecule has 1 saturated heterocycles. The molecule has 25 heavy (non-hydrogen) atoms. The van der Waals surface area contributed by atoms with Crippen LogP contribution in [0, 0.1) is 0 Å². The lowest BCUT2D eigenvalue weighted by atomic mass is 10.1. The number of carbonyl (C=O) groups is 1. The Bertz CT molecular complexity index is 694. The lowest BCUT2D eigenvalue weighted by molar-refractivity contribution is -0.131. The molecule has 0 radical (unpaired) electrons. The Hall–Kier alpha value is -1.89. The topological polar surface area (TPSA) is 68.8 Å². The number of likely N-dealkylation sites (N-methyl/N-ethyl adjacent to an activating group) is 1. The van der Waals surface area contributed by atoms with E-state index in [0.717, 1.165) is 24.2 Å². The summed E-state index contributed by atoms with van der Waals surface area (Å²) < 4.78 is 5.31. The predicted molar refractivity (Wildman–Crippen MR) is 97.5 cm³/mol. The van der Waals surface area contributed by atoms with Gasteiger partial charge in [-0.25, -0.2) is 0 Å². The molecule has 2 aromatic rings. The highest BCUT2D eigenvalue weighted by Gasteiger charge is 2.18. The average molecular weight is 345 g/mol. The van der Waals surface area contributed by atoms with E-state index in [2.05, 4.69) is 22.0 Å². The molecule has 1 fully saturated rings. The van der Waals surface area contributed by atoms with Crippen LogP contribution < -0.4 is 0 Å². The molecule has 1 aliphatic rings. The zero-order valence-corrected chi connectivity index (χ0v) is 14.8. The van der Waals surface area contributed by atoms with Crippen molar-refractivity contribution in [3.63, 3.8) is 0 Å². The Balaban J connectivity index is 1.43. The Morgan fingerprint density at radius 1 is 1.36 bits per heavy atom. The van der Waals surface area contributed by atoms with Crippen LogP contribution in [0.25, 0.3) is 10.9 Å². The maximum absolute atomic E-state index is 12.3. The number of aryl methyl sites for hydroxylation is 1. The van der Waals surface area contributed by atoms with Crippen molar-refractivity contribution < 1.29 is 14.6 Å². The van der Waals surface area contributed by atoms with Crippen LogP contribution in [0.3, 0.4) is 0 Å². The van der Waals surface area contributed by atoms with Gasteiger partial charge in [0.25, 0.3) is 0 Å². The van der Waals surface area contributed by atoms with Gasteiger partial charge in [-0.3, -0.25) is 9.69 Å². The molecule has 0 bridgehead atoms. The number of aromatic nitrogens is 1. The maximum Gasteiger partial charge on any atom is 0.222 e. The molecule has 1 aliphatic heterocycles. The highest BCUT2D eigenvalue weighted by Crippen LogP contribution is 2.15. The van der Waals surface area contributed by atoms with Gasteiger partial charge in [0.2, 0.25) is 5.91 Å². The van der Waals surface area contributed by atoms with E-state index in [4.69, 9.17) is 4.74 Å². The number of amides is 1. The number of aromatic amines is 1. The molecule has 2 heterocycles. The Kier molecular flexibility index (Phi) is 6.07. The van der Waals surface area contributed by atoms with Crippen molar-refractivity contribution in [1.82, 2.24) is 14.8 Å². The number of β-amino-alcohol motifs (C(OH)–C–C–N with tert-alkyl or cyclic N) is 1. The third-order valence-corrected chi connectivity index (χ3v) is 4.73. The van der Waals surface area contributed by atoms with E-state index in [-0.39, 0.29) is 5.91 Å². The molecule has 136 valence electrons. The van der Waals surface area contributed by atoms with Crippen LogP contribution in [-0.2, 0) is 16.0 Å². The minimum absolute atomic E-state index is 0.0650. The summed E-state index contributed by atoms with van der Waals surface area (Å²) in [7, 11) is 1.76. The summed E-state index contributed by atoms with van der Waals surface area (Å²) in [5.41, 5.74) is 2.26. The van der Waals surface area contributed by atoms with E-state index in [1.54, 1.807) is 11.9 Å². The number of fused-ring (bicyclic) bond motifs is 1. The fourth-order valence-electron chi connectivity index (χ4n) is 3.26. The third-order valence-electron chi connectivity index (χ3n) is 4.73. The van der Waals surface area contributed by atoms with Gasteiger partial charge < -0.3 is 19.7 Å². The number of hydrogen-bond donors (Lipinski definition) is 2. The number of nitrogens with one attached hydrogen (secondary N) is 1. The van der Waals surface area contributed by atoms with Crippen LogP contribution in [0.1, 0.15) is 12.0 Å². The highest BCUT2D eigenvalue weighted by atomic mass is 16.5. The number of morpholine rings is 1. The number of carbonyl (C=O) groups excluding carboxylic acids is 1. The summed E-state index contributed by atoms with van der Waals surface area (Å²) in [6, 6.07) is 8.26. The predicted octanol–water partition coefficient (Wildman–Crippen LogP) is 1.25. The monoisotopic (exact) mass is 345 g/mol. The normalized spacial score (nSPS) is 16.9. The molecular weight excluding hydrogens is 318 g/mol. The number of hydrogen-bond acceptors (Lipinski definition) is 4. The molecule has 1 amide bonds. The van der Waals surface area contributed by atoms with Crippen LogP contribution in [0.4, 0.5) is 0 Å². The number of H-pyrrole nitrogens is 1. The highest BCUT2D eigenvalue weighted by molar-refractivity contribution is 5.80. The average Bonchev–Trinajstić information content (AvgIpc) is 3.08. The summed E-state index contributed by atoms with van der Waals surface area (Å²) in [6.07, 6.45) is 2.56. The van der Waals surface area contributed by atoms with Gasteiger partial charge in [-0.15, -0.1) is 0 Å². The summed E-state index contributed by atoms with van der Waals surface area (Å²) in [6.45, 7) is 4.07. The molecule has 6 nitrogen and oxygen atoms in total. The van der Waals surface area contributed by atoms with E-state index in [0.29, 0.717) is 39.1 Å². The summed E-state index contributed by atoms with van der Waals surface area (Å²) in [5, 5.41) is 11.4. The van der Waals surface area contributed by atoms with Gasteiger partial charge in [-0.05, 0) is 35.6 Å². The van der Waals surface area contributed by atoms with E-state index < -0.39 is 6.10 Å². The molecule has 0 aliphatic carbocycles. The van der Waals surface area contributed by atoms with Crippen molar-refractivity contribution in [3.05, 3.63) is 36.0 Å². The smallest absolute Gasteiger partial charge is 0.222 e. The largest absolute Gasteiger partial charge is 0.390 e. The van der Waals surface area contributed by atoms with Crippen LogP contribution >= 0.6 is 0 Å². The van der Waals surface area contributed by atoms with E-state index in [1.807, 2.05) is 18.3 Å². The minimum Gasteiger partial charge on any atom is -0.390 e. The van der Waals surface area contributed by atoms with Gasteiger partial charge in [0.1, 0.15) is 0 Å². The summed E-state index contributed by atoms with van der Waals surface area (Å²) >= 11 is 0. The summed E-state index contributed by atoms with van der Waals surface area (Å²) in [5.74, 6) is 0.0650. The molecule has 1 unspecified atom stereocenters. The molecule has 0 saturated carbocycles. The van der Waals surface area contributed by atoms with E-state index in [9.17, 15) is 9.90 Å². The fraction of sp³-hybridized carbons (Fsp3) is 0.526. The number of nitrogens with zero attached hydrogens (tertiary/aromatic N) is 2. The molecular formula is C19H27N3O3. The van der Waals surface area contributed by atoms with Crippen LogP contribution in [0.15, 0.2) is 30.5 Å². The van der Waals surface area contributed by atoms with Crippen LogP contribution in [0.5, 0.6) is 0 Å². The second-order valence-electron chi connectivity index (χ2n) is 6.74. The quantitative estimate of drug-likeness (QED) is 0.793. The molecule has 1 aromatic carbocycles. The second kappa shape index (κ2) is 8.47. The zero-order valence-electron chi connectivity index (χ0n) is 14.8. The Morgan fingerprint density at radius 3 is 2.96 bits per heavy atom. The zero-order chi connectivity index (χ0) is 17.6. The molecule has 6 heteroatoms. The number of ether oxygens (including phenoxy) is 1. The third kappa shape index (κ3) is 5.04. The molecule has 1 atom stereocenters. The van der Waals surface area contributed by atoms with E-state index >= 15 is 0 Å². The number of rotatable bonds is 7. The standard InChI is InChI=1S/C19H27N3O3/c1-21(13-17(23)14-22-8-10-25-11-9-22)19(24)5-3-15-2-4-18-16(12-15)6-7-20-18/h2,4,6-7,12,17,20,23H,3,5,8-11,13-14H2,1H3. The van der Waals surface area contributed by atoms with Crippen LogP contribution in [-0.4, -0.2) is 78.3 Å². The SMILES string of the molecule is CN(CC(O)CN1CCOCC1)C(=O)CCc1ccc2[nH]ccc2c1. The lowest BCUT2D eigenvalue weighted by Crippen LogP contribution is -2.45. The van der Waals surface area contributed by atoms with Gasteiger partial charge >= 0.3 is 0 Å². The fourth-order valence-corrected chi connectivity index (χ4v) is 3.26. The second-order valence-corrected chi connectivity index (χ2v) is 6.74. The first kappa shape index (κ1) is 17.9. The molecule has 3 rings (SSSR count). The minimum atomic E-state index is -0.525. The Labute approximate surface area is 148 Å². The molecule has 0 spiro atoms.